The Kier molecular flexibility index (Phi) is 3.51. The van der Waals surface area contributed by atoms with Gasteiger partial charge in [0.05, 0.1) is 0 Å². The number of hydrogen-bond donors (Lipinski definition) is 1. The summed E-state index contributed by atoms with van der Waals surface area (Å²) in [6.45, 7) is 3.11. The molecular weight excluding hydrogens is 152 g/mol. The minimum atomic E-state index is 0.0235. The summed E-state index contributed by atoms with van der Waals surface area (Å²) in [7, 11) is 0. The zero-order valence-corrected chi connectivity index (χ0v) is 7.34. The molecule has 0 saturated carbocycles. The number of carbonyl (C=O) groups is 1. The van der Waals surface area contributed by atoms with Crippen LogP contribution in [0, 0.1) is 0 Å². The van der Waals surface area contributed by atoms with Gasteiger partial charge in [-0.1, -0.05) is 6.08 Å². The van der Waals surface area contributed by atoms with Crippen LogP contribution in [-0.4, -0.2) is 24.7 Å². The number of nitrogens with one attached hydrogen (secondary N) is 1. The van der Waals surface area contributed by atoms with Crippen LogP contribution in [0.3, 0.4) is 0 Å². The fourth-order valence-corrected chi connectivity index (χ4v) is 1.08. The van der Waals surface area contributed by atoms with Crippen molar-refractivity contribution in [1.82, 2.24) is 5.32 Å². The molecule has 3 nitrogen and oxygen atoms in total. The van der Waals surface area contributed by atoms with Crippen molar-refractivity contribution in [1.29, 1.82) is 0 Å². The Bertz CT molecular complexity index is 219. The minimum Gasteiger partial charge on any atom is -0.356 e. The maximum atomic E-state index is 10.5. The highest BCUT2D eigenvalue weighted by atomic mass is 16.1. The number of allylic oxidation sites excluding steroid dienone is 1. The van der Waals surface area contributed by atoms with Crippen LogP contribution in [0.25, 0.3) is 0 Å². The van der Waals surface area contributed by atoms with Crippen LogP contribution in [-0.2, 0) is 4.79 Å². The monoisotopic (exact) mass is 166 g/mol. The van der Waals surface area contributed by atoms with Crippen molar-refractivity contribution >= 4 is 11.6 Å². The number of hydrogen-bond acceptors (Lipinski definition) is 2. The third-order valence-corrected chi connectivity index (χ3v) is 1.68. The quantitative estimate of drug-likeness (QED) is 0.665. The Hall–Kier alpha value is -1.12. The lowest BCUT2D eigenvalue weighted by Gasteiger charge is -2.05. The van der Waals surface area contributed by atoms with Gasteiger partial charge in [-0.05, 0) is 12.5 Å². The number of rotatable bonds is 3. The minimum absolute atomic E-state index is 0.0235. The van der Waals surface area contributed by atoms with E-state index in [4.69, 9.17) is 0 Å². The molecule has 0 bridgehead atoms. The molecule has 1 aliphatic heterocycles. The molecule has 12 heavy (non-hydrogen) atoms. The van der Waals surface area contributed by atoms with E-state index in [0.29, 0.717) is 6.54 Å². The van der Waals surface area contributed by atoms with Crippen molar-refractivity contribution in [2.24, 2.45) is 4.99 Å². The van der Waals surface area contributed by atoms with Crippen molar-refractivity contribution in [3.05, 3.63) is 12.2 Å². The van der Waals surface area contributed by atoms with E-state index in [1.165, 1.54) is 6.92 Å². The fraction of sp³-hybridized carbons (Fsp3) is 0.556. The van der Waals surface area contributed by atoms with Gasteiger partial charge in [-0.25, -0.2) is 0 Å². The largest absolute Gasteiger partial charge is 0.356 e. The maximum absolute atomic E-state index is 10.5. The van der Waals surface area contributed by atoms with Crippen LogP contribution in [0.2, 0.25) is 0 Å². The van der Waals surface area contributed by atoms with Gasteiger partial charge in [0.15, 0.2) is 0 Å². The van der Waals surface area contributed by atoms with E-state index in [-0.39, 0.29) is 5.91 Å². The first kappa shape index (κ1) is 8.97. The maximum Gasteiger partial charge on any atom is 0.216 e. The summed E-state index contributed by atoms with van der Waals surface area (Å²) in [6.07, 6.45) is 6.04. The normalized spacial score (nSPS) is 15.6. The van der Waals surface area contributed by atoms with Crippen LogP contribution in [0.1, 0.15) is 19.8 Å². The SMILES string of the molecule is CC(=O)NCCC1=NCCC=C1. The molecule has 0 atom stereocenters. The summed E-state index contributed by atoms with van der Waals surface area (Å²) in [5, 5.41) is 2.74. The van der Waals surface area contributed by atoms with Gasteiger partial charge in [-0.2, -0.15) is 0 Å². The molecule has 0 fully saturated rings. The molecule has 0 aromatic rings. The molecule has 0 aliphatic carbocycles. The number of dihydropyridines is 1. The van der Waals surface area contributed by atoms with Crippen molar-refractivity contribution in [3.8, 4) is 0 Å². The van der Waals surface area contributed by atoms with Crippen molar-refractivity contribution < 1.29 is 4.79 Å². The lowest BCUT2D eigenvalue weighted by Crippen LogP contribution is -2.23. The zero-order chi connectivity index (χ0) is 8.81. The topological polar surface area (TPSA) is 41.5 Å². The molecule has 66 valence electrons. The summed E-state index contributed by atoms with van der Waals surface area (Å²) < 4.78 is 0. The molecule has 3 heteroatoms. The number of aliphatic imine (C=N–C) groups is 1. The van der Waals surface area contributed by atoms with E-state index < -0.39 is 0 Å². The van der Waals surface area contributed by atoms with Crippen LogP contribution < -0.4 is 5.32 Å². The molecule has 0 spiro atoms. The highest BCUT2D eigenvalue weighted by Gasteiger charge is 1.98. The van der Waals surface area contributed by atoms with E-state index in [2.05, 4.69) is 16.4 Å². The van der Waals surface area contributed by atoms with Crippen molar-refractivity contribution in [3.63, 3.8) is 0 Å². The van der Waals surface area contributed by atoms with E-state index in [0.717, 1.165) is 25.1 Å². The summed E-state index contributed by atoms with van der Waals surface area (Å²) >= 11 is 0. The van der Waals surface area contributed by atoms with E-state index in [9.17, 15) is 4.79 Å². The summed E-state index contributed by atoms with van der Waals surface area (Å²) in [5.74, 6) is 0.0235. The highest BCUT2D eigenvalue weighted by molar-refractivity contribution is 5.95. The Morgan fingerprint density at radius 3 is 3.17 bits per heavy atom. The van der Waals surface area contributed by atoms with Gasteiger partial charge in [-0.3, -0.25) is 9.79 Å². The Morgan fingerprint density at radius 2 is 2.58 bits per heavy atom. The second-order valence-corrected chi connectivity index (χ2v) is 2.80. The lowest BCUT2D eigenvalue weighted by atomic mass is 10.2. The van der Waals surface area contributed by atoms with Crippen LogP contribution >= 0.6 is 0 Å². The second-order valence-electron chi connectivity index (χ2n) is 2.80. The molecule has 0 radical (unpaired) electrons. The van der Waals surface area contributed by atoms with Crippen LogP contribution in [0.15, 0.2) is 17.1 Å². The van der Waals surface area contributed by atoms with Gasteiger partial charge in [0.1, 0.15) is 0 Å². The van der Waals surface area contributed by atoms with Crippen molar-refractivity contribution in [2.45, 2.75) is 19.8 Å². The Morgan fingerprint density at radius 1 is 1.75 bits per heavy atom. The molecule has 1 amide bonds. The standard InChI is InChI=1S/C9H14N2O/c1-8(12)10-7-5-9-4-2-3-6-11-9/h2,4H,3,5-7H2,1H3,(H,10,12). The van der Waals surface area contributed by atoms with Crippen LogP contribution in [0.4, 0.5) is 0 Å². The molecule has 0 aromatic heterocycles. The average Bonchev–Trinajstić information content (AvgIpc) is 2.05. The summed E-state index contributed by atoms with van der Waals surface area (Å²) in [5.41, 5.74) is 1.09. The molecule has 1 aliphatic rings. The van der Waals surface area contributed by atoms with Crippen molar-refractivity contribution in [2.75, 3.05) is 13.1 Å². The molecular formula is C9H14N2O. The van der Waals surface area contributed by atoms with E-state index >= 15 is 0 Å². The fourth-order valence-electron chi connectivity index (χ4n) is 1.08. The Balaban J connectivity index is 2.18. The van der Waals surface area contributed by atoms with Gasteiger partial charge in [0.2, 0.25) is 5.91 Å². The van der Waals surface area contributed by atoms with E-state index in [1.807, 2.05) is 6.08 Å². The predicted octanol–water partition coefficient (Wildman–Crippen LogP) is 0.913. The zero-order valence-electron chi connectivity index (χ0n) is 7.34. The van der Waals surface area contributed by atoms with Gasteiger partial charge in [-0.15, -0.1) is 0 Å². The molecule has 1 N–H and O–H groups in total. The summed E-state index contributed by atoms with van der Waals surface area (Å²) in [4.78, 5) is 14.8. The van der Waals surface area contributed by atoms with Crippen LogP contribution in [0.5, 0.6) is 0 Å². The molecule has 1 rings (SSSR count). The van der Waals surface area contributed by atoms with Gasteiger partial charge < -0.3 is 5.32 Å². The molecule has 0 unspecified atom stereocenters. The van der Waals surface area contributed by atoms with E-state index in [1.54, 1.807) is 0 Å². The number of carbonyl (C=O) groups excluding carboxylic acids is 1. The molecule has 0 saturated heterocycles. The first-order valence-corrected chi connectivity index (χ1v) is 4.23. The number of nitrogens with zero attached hydrogens (tertiary/aromatic N) is 1. The first-order chi connectivity index (χ1) is 5.79. The van der Waals surface area contributed by atoms with Gasteiger partial charge >= 0.3 is 0 Å². The highest BCUT2D eigenvalue weighted by Crippen LogP contribution is 1.98. The second kappa shape index (κ2) is 4.70. The Labute approximate surface area is 72.6 Å². The molecule has 0 aromatic carbocycles. The number of amides is 1. The first-order valence-electron chi connectivity index (χ1n) is 4.23. The third-order valence-electron chi connectivity index (χ3n) is 1.68. The predicted molar refractivity (Wildman–Crippen MR) is 49.4 cm³/mol. The third kappa shape index (κ3) is 3.32. The average molecular weight is 166 g/mol. The van der Waals surface area contributed by atoms with Gasteiger partial charge in [0, 0.05) is 32.1 Å². The lowest BCUT2D eigenvalue weighted by molar-refractivity contribution is -0.118. The molecule has 1 heterocycles. The smallest absolute Gasteiger partial charge is 0.216 e. The summed E-state index contributed by atoms with van der Waals surface area (Å²) in [6, 6.07) is 0. The van der Waals surface area contributed by atoms with Gasteiger partial charge in [0.25, 0.3) is 0 Å².